The van der Waals surface area contributed by atoms with E-state index in [1.807, 2.05) is 16.0 Å². The number of urea groups is 2. The number of carboxylic acid groups (broad SMARTS) is 6. The number of carbonyl (C=O) groups is 13. The van der Waals surface area contributed by atoms with Crippen molar-refractivity contribution in [1.29, 1.82) is 0 Å². The Labute approximate surface area is 420 Å². The quantitative estimate of drug-likeness (QED) is 0.0138. The van der Waals surface area contributed by atoms with E-state index in [-0.39, 0.29) is 58.3 Å². The van der Waals surface area contributed by atoms with Gasteiger partial charge in [0.15, 0.2) is 0 Å². The topological polar surface area (TPSA) is 526 Å². The predicted octanol–water partition coefficient (Wildman–Crippen LogP) is -2.81. The zero-order valence-electron chi connectivity index (χ0n) is 39.7. The Bertz CT molecular complexity index is 2210. The molecule has 0 bridgehead atoms. The number of azide groups is 1. The molecule has 74 heavy (non-hydrogen) atoms. The Morgan fingerprint density at radius 1 is 0.514 bits per heavy atom. The summed E-state index contributed by atoms with van der Waals surface area (Å²) >= 11 is 0. The molecule has 32 nitrogen and oxygen atoms in total. The second-order valence-corrected chi connectivity index (χ2v) is 16.1. The first-order chi connectivity index (χ1) is 34.9. The van der Waals surface area contributed by atoms with E-state index < -0.39 is 152 Å². The normalized spacial score (nSPS) is 12.9. The van der Waals surface area contributed by atoms with E-state index in [0.29, 0.717) is 24.0 Å². The second-order valence-electron chi connectivity index (χ2n) is 16.1. The molecule has 0 saturated carbocycles. The Morgan fingerprint density at radius 3 is 1.57 bits per heavy atom. The number of unbranched alkanes of at least 4 members (excludes halogenated alkanes) is 2. The van der Waals surface area contributed by atoms with Gasteiger partial charge in [0, 0.05) is 43.9 Å². The number of nitrogens with one attached hydrogen (secondary N) is 9. The van der Waals surface area contributed by atoms with Gasteiger partial charge in [-0.2, -0.15) is 0 Å². The van der Waals surface area contributed by atoms with E-state index in [4.69, 9.17) is 16.4 Å². The highest BCUT2D eigenvalue weighted by Gasteiger charge is 2.33. The fraction of sp³-hybridized carbons (Fsp3) is 0.548. The summed E-state index contributed by atoms with van der Waals surface area (Å²) in [6.07, 6.45) is -2.60. The fourth-order valence-corrected chi connectivity index (χ4v) is 6.33. The van der Waals surface area contributed by atoms with Gasteiger partial charge in [-0.25, -0.2) is 24.0 Å². The van der Waals surface area contributed by atoms with Crippen LogP contribution in [0.25, 0.3) is 10.4 Å². The van der Waals surface area contributed by atoms with Gasteiger partial charge in [-0.05, 0) is 68.1 Å². The van der Waals surface area contributed by atoms with Gasteiger partial charge in [-0.15, -0.1) is 0 Å². The molecule has 0 heterocycles. The third-order valence-corrected chi connectivity index (χ3v) is 10.1. The largest absolute Gasteiger partial charge is 0.481 e. The molecule has 2 unspecified atom stereocenters. The highest BCUT2D eigenvalue weighted by Crippen LogP contribution is 2.08. The van der Waals surface area contributed by atoms with E-state index in [1.54, 1.807) is 0 Å². The van der Waals surface area contributed by atoms with Crippen LogP contribution in [0, 0.1) is 0 Å². The summed E-state index contributed by atoms with van der Waals surface area (Å²) in [4.78, 5) is 161. The van der Waals surface area contributed by atoms with E-state index in [0.717, 1.165) is 0 Å². The molecule has 1 aromatic rings. The highest BCUT2D eigenvalue weighted by molar-refractivity contribution is 5.97. The summed E-state index contributed by atoms with van der Waals surface area (Å²) in [5.74, 6) is -14.3. The number of hydrogen-bond donors (Lipinski definition) is 16. The van der Waals surface area contributed by atoms with Crippen molar-refractivity contribution in [3.05, 3.63) is 45.8 Å². The third kappa shape index (κ3) is 27.6. The number of carbonyl (C=O) groups excluding carboxylic acids is 7. The van der Waals surface area contributed by atoms with Gasteiger partial charge in [-0.3, -0.25) is 38.4 Å². The molecule has 6 atom stereocenters. The Hall–Kier alpha value is -8.80. The highest BCUT2D eigenvalue weighted by atomic mass is 16.4. The molecule has 408 valence electrons. The molecule has 0 radical (unpaired) electrons. The smallest absolute Gasteiger partial charge is 0.328 e. The molecule has 9 amide bonds. The third-order valence-electron chi connectivity index (χ3n) is 10.1. The number of hydrogen-bond acceptors (Lipinski definition) is 15. The molecule has 0 aliphatic heterocycles. The summed E-state index contributed by atoms with van der Waals surface area (Å²) in [6.45, 7) is -0.665. The Kier molecular flexibility index (Phi) is 29.5. The predicted molar refractivity (Wildman–Crippen MR) is 250 cm³/mol. The number of nitrogens with zero attached hydrogens (tertiary/aromatic N) is 3. The lowest BCUT2D eigenvalue weighted by atomic mass is 10.1. The fourth-order valence-electron chi connectivity index (χ4n) is 6.33. The minimum absolute atomic E-state index is 0.00595. The zero-order chi connectivity index (χ0) is 55.8. The molecule has 0 fully saturated rings. The van der Waals surface area contributed by atoms with Gasteiger partial charge < -0.3 is 84.2 Å². The Balaban J connectivity index is 2.81. The van der Waals surface area contributed by atoms with Crippen LogP contribution in [0.1, 0.15) is 81.8 Å². The SMILES string of the molecule is [N-]=[N+]=NCCC(=O)N[C@@H](CCCCN)C(=O)NC[C@H](NC(=O)C(CC(=O)O)NC(=O)C(CC(=O)O)NC(=O)Cc1ccc(CNC(=O)NCCCC[C@H](NC(=O)N[C@@H](CCC(=O)O)C(=O)O)C(=O)O)cc1)C(=O)O. The standard InChI is InChI=1S/C42H61N13O19/c43-14-3-1-5-24(49-30(56)13-16-48-55-44)35(64)46-21-29(40(71)72)52-37(66)28(19-34(62)63)51-36(65)27(18-33(60)61)50-31(57)17-22-7-9-23(10-8-22)20-47-41(73)45-15-4-2-6-25(38(67)68)53-42(74)54-26(39(69)70)11-12-32(58)59/h7-10,24-29H,1-6,11-21,43H2,(H,46,64)(H,49,56)(H,50,57)(H,51,65)(H,52,66)(H,58,59)(H,60,61)(H,62,63)(H,67,68)(H,69,70)(H,71,72)(H2,45,47,73)(H2,53,54,74)/t24-,25-,26-,27?,28?,29-/m0/s1. The molecule has 17 N–H and O–H groups in total. The van der Waals surface area contributed by atoms with E-state index in [2.05, 4.69) is 41.9 Å². The average molecular weight is 1050 g/mol. The van der Waals surface area contributed by atoms with Crippen molar-refractivity contribution in [1.82, 2.24) is 47.9 Å². The molecule has 0 aliphatic carbocycles. The lowest BCUT2D eigenvalue weighted by Crippen LogP contribution is -2.58. The minimum Gasteiger partial charge on any atom is -0.481 e. The summed E-state index contributed by atoms with van der Waals surface area (Å²) in [7, 11) is 0. The molecule has 0 spiro atoms. The van der Waals surface area contributed by atoms with Crippen LogP contribution >= 0.6 is 0 Å². The maximum Gasteiger partial charge on any atom is 0.328 e. The summed E-state index contributed by atoms with van der Waals surface area (Å²) < 4.78 is 0. The first-order valence-corrected chi connectivity index (χ1v) is 22.6. The van der Waals surface area contributed by atoms with Crippen LogP contribution < -0.4 is 53.6 Å². The monoisotopic (exact) mass is 1050 g/mol. The number of benzene rings is 1. The van der Waals surface area contributed by atoms with Crippen molar-refractivity contribution in [3.63, 3.8) is 0 Å². The zero-order valence-corrected chi connectivity index (χ0v) is 39.7. The van der Waals surface area contributed by atoms with Gasteiger partial charge in [0.05, 0.1) is 19.3 Å². The first kappa shape index (κ1) is 63.2. The van der Waals surface area contributed by atoms with Crippen molar-refractivity contribution >= 4 is 77.4 Å². The van der Waals surface area contributed by atoms with Crippen LogP contribution in [0.2, 0.25) is 0 Å². The van der Waals surface area contributed by atoms with Crippen LogP contribution in [0.4, 0.5) is 9.59 Å². The molecule has 0 saturated heterocycles. The molecule has 0 aromatic heterocycles. The van der Waals surface area contributed by atoms with Gasteiger partial charge >= 0.3 is 47.9 Å². The minimum atomic E-state index is -2.03. The van der Waals surface area contributed by atoms with Crippen molar-refractivity contribution in [2.45, 2.75) is 120 Å². The molecular formula is C42H61N13O19. The van der Waals surface area contributed by atoms with Crippen molar-refractivity contribution < 1.29 is 93.0 Å². The van der Waals surface area contributed by atoms with Crippen LogP contribution in [0.5, 0.6) is 0 Å². The van der Waals surface area contributed by atoms with Crippen LogP contribution in [0.3, 0.4) is 0 Å². The van der Waals surface area contributed by atoms with E-state index in [9.17, 15) is 87.9 Å². The van der Waals surface area contributed by atoms with Crippen LogP contribution in [-0.4, -0.2) is 170 Å². The summed E-state index contributed by atoms with van der Waals surface area (Å²) in [5, 5.41) is 79.5. The summed E-state index contributed by atoms with van der Waals surface area (Å²) in [6, 6.07) is -5.74. The maximum absolute atomic E-state index is 13.3. The maximum atomic E-state index is 13.3. The first-order valence-electron chi connectivity index (χ1n) is 22.6. The molecular weight excluding hydrogens is 991 g/mol. The number of aliphatic carboxylic acids is 6. The lowest BCUT2D eigenvalue weighted by Gasteiger charge is -2.24. The van der Waals surface area contributed by atoms with Gasteiger partial charge in [-0.1, -0.05) is 29.4 Å². The number of amides is 9. The van der Waals surface area contributed by atoms with Crippen LogP contribution in [0.15, 0.2) is 29.4 Å². The van der Waals surface area contributed by atoms with Crippen molar-refractivity contribution in [2.24, 2.45) is 10.8 Å². The van der Waals surface area contributed by atoms with Gasteiger partial charge in [0.2, 0.25) is 29.5 Å². The van der Waals surface area contributed by atoms with Gasteiger partial charge in [0.25, 0.3) is 0 Å². The molecule has 0 aliphatic rings. The van der Waals surface area contributed by atoms with Crippen molar-refractivity contribution in [3.8, 4) is 0 Å². The molecule has 1 rings (SSSR count). The number of nitrogens with two attached hydrogens (primary N) is 1. The van der Waals surface area contributed by atoms with E-state index in [1.165, 1.54) is 24.3 Å². The molecule has 32 heteroatoms. The lowest BCUT2D eigenvalue weighted by molar-refractivity contribution is -0.145. The van der Waals surface area contributed by atoms with Crippen molar-refractivity contribution in [2.75, 3.05) is 26.2 Å². The summed E-state index contributed by atoms with van der Waals surface area (Å²) in [5.41, 5.74) is 14.8. The number of carboxylic acids is 6. The Morgan fingerprint density at radius 2 is 1.03 bits per heavy atom. The van der Waals surface area contributed by atoms with Gasteiger partial charge in [0.1, 0.15) is 36.3 Å². The molecule has 1 aromatic carbocycles. The van der Waals surface area contributed by atoms with E-state index >= 15 is 0 Å². The average Bonchev–Trinajstić information content (AvgIpc) is 3.31. The second kappa shape index (κ2) is 34.5. The number of rotatable bonds is 37. The van der Waals surface area contributed by atoms with Crippen LogP contribution in [-0.2, 0) is 65.7 Å².